The van der Waals surface area contributed by atoms with Gasteiger partial charge in [-0.3, -0.25) is 0 Å². The van der Waals surface area contributed by atoms with Crippen molar-refractivity contribution in [3.05, 3.63) is 29.8 Å². The average molecular weight is 234 g/mol. The van der Waals surface area contributed by atoms with Crippen LogP contribution < -0.4 is 4.74 Å². The van der Waals surface area contributed by atoms with Crippen molar-refractivity contribution in [1.29, 1.82) is 0 Å². The van der Waals surface area contributed by atoms with Gasteiger partial charge in [0.25, 0.3) is 0 Å². The summed E-state index contributed by atoms with van der Waals surface area (Å²) in [6.07, 6.45) is -5.72. The van der Waals surface area contributed by atoms with Gasteiger partial charge in [-0.1, -0.05) is 32.0 Å². The van der Waals surface area contributed by atoms with Crippen LogP contribution in [0.25, 0.3) is 0 Å². The van der Waals surface area contributed by atoms with E-state index in [2.05, 4.69) is 4.74 Å². The van der Waals surface area contributed by atoms with E-state index in [9.17, 15) is 18.3 Å². The third-order valence-electron chi connectivity index (χ3n) is 2.09. The van der Waals surface area contributed by atoms with E-state index in [0.717, 1.165) is 0 Å². The van der Waals surface area contributed by atoms with Gasteiger partial charge in [-0.05, 0) is 12.0 Å². The van der Waals surface area contributed by atoms with Crippen LogP contribution in [0, 0.1) is 5.92 Å². The maximum Gasteiger partial charge on any atom is 0.573 e. The molecule has 1 aromatic carbocycles. The van der Waals surface area contributed by atoms with Gasteiger partial charge < -0.3 is 9.84 Å². The Bertz CT molecular complexity index is 347. The van der Waals surface area contributed by atoms with Crippen molar-refractivity contribution in [2.24, 2.45) is 5.92 Å². The molecule has 16 heavy (non-hydrogen) atoms. The van der Waals surface area contributed by atoms with E-state index >= 15 is 0 Å². The maximum absolute atomic E-state index is 12.1. The predicted molar refractivity (Wildman–Crippen MR) is 52.9 cm³/mol. The van der Waals surface area contributed by atoms with Crippen molar-refractivity contribution in [3.63, 3.8) is 0 Å². The summed E-state index contributed by atoms with van der Waals surface area (Å²) in [5.74, 6) is -0.533. The lowest BCUT2D eigenvalue weighted by atomic mass is 9.98. The molecule has 5 heteroatoms. The number of para-hydroxylation sites is 1. The highest BCUT2D eigenvalue weighted by atomic mass is 19.4. The van der Waals surface area contributed by atoms with E-state index in [-0.39, 0.29) is 17.2 Å². The first-order valence-corrected chi connectivity index (χ1v) is 4.84. The molecule has 0 fully saturated rings. The highest BCUT2D eigenvalue weighted by Gasteiger charge is 2.33. The highest BCUT2D eigenvalue weighted by Crippen LogP contribution is 2.33. The zero-order chi connectivity index (χ0) is 12.3. The fourth-order valence-corrected chi connectivity index (χ4v) is 1.30. The standard InChI is InChI=1S/C11H13F3O2/c1-7(2)10(15)8-5-3-4-6-9(8)16-11(12,13)14/h3-7,10,15H,1-2H3. The van der Waals surface area contributed by atoms with Crippen LogP contribution in [0.4, 0.5) is 13.2 Å². The fourth-order valence-electron chi connectivity index (χ4n) is 1.30. The zero-order valence-electron chi connectivity index (χ0n) is 8.95. The Hall–Kier alpha value is -1.23. The number of halogens is 3. The molecule has 1 unspecified atom stereocenters. The fraction of sp³-hybridized carbons (Fsp3) is 0.455. The highest BCUT2D eigenvalue weighted by molar-refractivity contribution is 5.35. The minimum absolute atomic E-state index is 0.148. The van der Waals surface area contributed by atoms with Crippen LogP contribution in [-0.2, 0) is 0 Å². The molecule has 1 rings (SSSR count). The number of hydrogen-bond donors (Lipinski definition) is 1. The van der Waals surface area contributed by atoms with Crippen molar-refractivity contribution in [2.75, 3.05) is 0 Å². The summed E-state index contributed by atoms with van der Waals surface area (Å²) < 4.78 is 40.1. The summed E-state index contributed by atoms with van der Waals surface area (Å²) in [4.78, 5) is 0. The topological polar surface area (TPSA) is 29.5 Å². The van der Waals surface area contributed by atoms with E-state index in [1.165, 1.54) is 18.2 Å². The molecule has 0 amide bonds. The third kappa shape index (κ3) is 3.41. The third-order valence-corrected chi connectivity index (χ3v) is 2.09. The van der Waals surface area contributed by atoms with Crippen molar-refractivity contribution >= 4 is 0 Å². The van der Waals surface area contributed by atoms with Crippen LogP contribution in [0.2, 0.25) is 0 Å². The van der Waals surface area contributed by atoms with E-state index < -0.39 is 12.5 Å². The Morgan fingerprint density at radius 1 is 1.19 bits per heavy atom. The number of benzene rings is 1. The van der Waals surface area contributed by atoms with Crippen molar-refractivity contribution in [2.45, 2.75) is 26.3 Å². The Morgan fingerprint density at radius 3 is 2.25 bits per heavy atom. The average Bonchev–Trinajstić information content (AvgIpc) is 2.15. The number of aliphatic hydroxyl groups excluding tert-OH is 1. The van der Waals surface area contributed by atoms with Crippen LogP contribution >= 0.6 is 0 Å². The quantitative estimate of drug-likeness (QED) is 0.869. The van der Waals surface area contributed by atoms with Gasteiger partial charge in [0.05, 0.1) is 6.10 Å². The lowest BCUT2D eigenvalue weighted by molar-refractivity contribution is -0.275. The second-order valence-electron chi connectivity index (χ2n) is 3.77. The molecule has 0 saturated heterocycles. The number of aliphatic hydroxyl groups is 1. The molecule has 0 heterocycles. The maximum atomic E-state index is 12.1. The van der Waals surface area contributed by atoms with Gasteiger partial charge in [0, 0.05) is 5.56 Å². The summed E-state index contributed by atoms with van der Waals surface area (Å²) in [5.41, 5.74) is 0.148. The minimum atomic E-state index is -4.74. The summed E-state index contributed by atoms with van der Waals surface area (Å²) >= 11 is 0. The largest absolute Gasteiger partial charge is 0.573 e. The van der Waals surface area contributed by atoms with Crippen LogP contribution in [-0.4, -0.2) is 11.5 Å². The van der Waals surface area contributed by atoms with E-state index in [1.54, 1.807) is 19.9 Å². The SMILES string of the molecule is CC(C)C(O)c1ccccc1OC(F)(F)F. The smallest absolute Gasteiger partial charge is 0.405 e. The second-order valence-corrected chi connectivity index (χ2v) is 3.77. The first kappa shape index (κ1) is 12.8. The molecule has 1 N–H and O–H groups in total. The van der Waals surface area contributed by atoms with Gasteiger partial charge >= 0.3 is 6.36 Å². The molecule has 0 radical (unpaired) electrons. The zero-order valence-corrected chi connectivity index (χ0v) is 8.95. The van der Waals surface area contributed by atoms with Crippen molar-refractivity contribution < 1.29 is 23.0 Å². The molecule has 0 saturated carbocycles. The molecule has 0 bridgehead atoms. The molecule has 0 spiro atoms. The molecule has 2 nitrogen and oxygen atoms in total. The first-order valence-electron chi connectivity index (χ1n) is 4.84. The molecule has 90 valence electrons. The lowest BCUT2D eigenvalue weighted by Gasteiger charge is -2.19. The molecule has 0 aromatic heterocycles. The number of rotatable bonds is 3. The molecule has 1 aromatic rings. The van der Waals surface area contributed by atoms with Gasteiger partial charge in [0.15, 0.2) is 0 Å². The number of ether oxygens (including phenoxy) is 1. The van der Waals surface area contributed by atoms with Crippen molar-refractivity contribution in [3.8, 4) is 5.75 Å². The Kier molecular flexibility index (Phi) is 3.80. The molecular formula is C11H13F3O2. The summed E-state index contributed by atoms with van der Waals surface area (Å²) in [7, 11) is 0. The Balaban J connectivity index is 3.01. The first-order chi connectivity index (χ1) is 7.31. The molecule has 1 atom stereocenters. The number of hydrogen-bond acceptors (Lipinski definition) is 2. The monoisotopic (exact) mass is 234 g/mol. The summed E-state index contributed by atoms with van der Waals surface area (Å²) in [5, 5.41) is 9.73. The molecule has 0 aliphatic carbocycles. The van der Waals surface area contributed by atoms with Gasteiger partial charge in [0.1, 0.15) is 5.75 Å². The molecule has 0 aliphatic rings. The van der Waals surface area contributed by atoms with Crippen LogP contribution in [0.1, 0.15) is 25.5 Å². The van der Waals surface area contributed by atoms with Gasteiger partial charge in [-0.2, -0.15) is 0 Å². The van der Waals surface area contributed by atoms with Gasteiger partial charge in [-0.25, -0.2) is 0 Å². The van der Waals surface area contributed by atoms with E-state index in [4.69, 9.17) is 0 Å². The Labute approximate surface area is 91.7 Å². The van der Waals surface area contributed by atoms with Crippen LogP contribution in [0.5, 0.6) is 5.75 Å². The summed E-state index contributed by atoms with van der Waals surface area (Å²) in [6, 6.07) is 5.60. The molecule has 0 aliphatic heterocycles. The van der Waals surface area contributed by atoms with Crippen LogP contribution in [0.15, 0.2) is 24.3 Å². The molecular weight excluding hydrogens is 221 g/mol. The van der Waals surface area contributed by atoms with E-state index in [0.29, 0.717) is 0 Å². The van der Waals surface area contributed by atoms with Gasteiger partial charge in [-0.15, -0.1) is 13.2 Å². The van der Waals surface area contributed by atoms with E-state index in [1.807, 2.05) is 0 Å². The van der Waals surface area contributed by atoms with Crippen molar-refractivity contribution in [1.82, 2.24) is 0 Å². The van der Waals surface area contributed by atoms with Gasteiger partial charge in [0.2, 0.25) is 0 Å². The lowest BCUT2D eigenvalue weighted by Crippen LogP contribution is -2.19. The minimum Gasteiger partial charge on any atom is -0.405 e. The summed E-state index contributed by atoms with van der Waals surface area (Å²) in [6.45, 7) is 3.43. The Morgan fingerprint density at radius 2 is 1.75 bits per heavy atom. The normalized spacial score (nSPS) is 13.9. The van der Waals surface area contributed by atoms with Crippen LogP contribution in [0.3, 0.4) is 0 Å². The predicted octanol–water partition coefficient (Wildman–Crippen LogP) is 3.27. The second kappa shape index (κ2) is 4.74. The number of alkyl halides is 3.